The van der Waals surface area contributed by atoms with E-state index in [1.165, 1.54) is 0 Å². The molecule has 0 spiro atoms. The highest BCUT2D eigenvalue weighted by molar-refractivity contribution is 5.31. The molecule has 3 rings (SSSR count). The third-order valence-electron chi connectivity index (χ3n) is 3.18. The second-order valence-corrected chi connectivity index (χ2v) is 4.26. The minimum Gasteiger partial charge on any atom is -0.317 e. The Kier molecular flexibility index (Phi) is 2.83. The molecule has 2 aromatic rings. The molecule has 0 bridgehead atoms. The fraction of sp³-hybridized carbons (Fsp3) is 0.417. The van der Waals surface area contributed by atoms with Crippen LogP contribution >= 0.6 is 0 Å². The summed E-state index contributed by atoms with van der Waals surface area (Å²) in [6.45, 7) is 2.12. The van der Waals surface area contributed by atoms with E-state index in [1.807, 2.05) is 10.8 Å². The van der Waals surface area contributed by atoms with Gasteiger partial charge in [0.1, 0.15) is 6.33 Å². The standard InChI is InChI=1S/C12H15N5/c1-3-13-4-2-10(1)11-12(16-6-5-15-11)17-8-7-14-9-17/h5-10,13H,1-4H2. The van der Waals surface area contributed by atoms with Gasteiger partial charge in [0.2, 0.25) is 0 Å². The highest BCUT2D eigenvalue weighted by Crippen LogP contribution is 2.26. The first-order valence-corrected chi connectivity index (χ1v) is 5.95. The van der Waals surface area contributed by atoms with Gasteiger partial charge in [-0.05, 0) is 25.9 Å². The van der Waals surface area contributed by atoms with Crippen molar-refractivity contribution in [1.29, 1.82) is 0 Å². The van der Waals surface area contributed by atoms with Crippen LogP contribution in [0.15, 0.2) is 31.1 Å². The quantitative estimate of drug-likeness (QED) is 0.838. The lowest BCUT2D eigenvalue weighted by Crippen LogP contribution is -2.27. The zero-order valence-electron chi connectivity index (χ0n) is 9.58. The van der Waals surface area contributed by atoms with Crippen LogP contribution in [0.3, 0.4) is 0 Å². The molecule has 2 aromatic heterocycles. The van der Waals surface area contributed by atoms with E-state index in [2.05, 4.69) is 20.3 Å². The molecule has 5 heteroatoms. The van der Waals surface area contributed by atoms with Gasteiger partial charge in [-0.1, -0.05) is 0 Å². The van der Waals surface area contributed by atoms with Gasteiger partial charge in [-0.25, -0.2) is 9.97 Å². The van der Waals surface area contributed by atoms with Crippen molar-refractivity contribution < 1.29 is 0 Å². The minimum absolute atomic E-state index is 0.502. The van der Waals surface area contributed by atoms with Crippen LogP contribution in [0.4, 0.5) is 0 Å². The molecule has 88 valence electrons. The first kappa shape index (κ1) is 10.4. The molecule has 0 amide bonds. The van der Waals surface area contributed by atoms with Crippen molar-refractivity contribution in [3.63, 3.8) is 0 Å². The lowest BCUT2D eigenvalue weighted by Gasteiger charge is -2.23. The van der Waals surface area contributed by atoms with E-state index >= 15 is 0 Å². The molecule has 1 aliphatic rings. The Hall–Kier alpha value is -1.75. The molecule has 0 saturated carbocycles. The van der Waals surface area contributed by atoms with Gasteiger partial charge in [-0.2, -0.15) is 0 Å². The van der Waals surface area contributed by atoms with E-state index in [0.717, 1.165) is 37.4 Å². The first-order valence-electron chi connectivity index (χ1n) is 5.95. The third kappa shape index (κ3) is 2.06. The fourth-order valence-electron chi connectivity index (χ4n) is 2.31. The van der Waals surface area contributed by atoms with Crippen LogP contribution in [-0.2, 0) is 0 Å². The maximum Gasteiger partial charge on any atom is 0.159 e. The predicted octanol–water partition coefficient (Wildman–Crippen LogP) is 1.13. The number of nitrogens with zero attached hydrogens (tertiary/aromatic N) is 4. The fourth-order valence-corrected chi connectivity index (χ4v) is 2.31. The lowest BCUT2D eigenvalue weighted by atomic mass is 9.94. The summed E-state index contributed by atoms with van der Waals surface area (Å²) in [5, 5.41) is 3.37. The smallest absolute Gasteiger partial charge is 0.159 e. The van der Waals surface area contributed by atoms with Crippen LogP contribution in [-0.4, -0.2) is 32.6 Å². The third-order valence-corrected chi connectivity index (χ3v) is 3.18. The van der Waals surface area contributed by atoms with Crippen molar-refractivity contribution in [2.45, 2.75) is 18.8 Å². The molecule has 1 fully saturated rings. The number of piperidine rings is 1. The van der Waals surface area contributed by atoms with E-state index in [-0.39, 0.29) is 0 Å². The van der Waals surface area contributed by atoms with Gasteiger partial charge < -0.3 is 5.32 Å². The number of aromatic nitrogens is 4. The second kappa shape index (κ2) is 4.63. The van der Waals surface area contributed by atoms with Crippen LogP contribution < -0.4 is 5.32 Å². The number of hydrogen-bond acceptors (Lipinski definition) is 4. The highest BCUT2D eigenvalue weighted by atomic mass is 15.1. The Labute approximate surface area is 99.9 Å². The van der Waals surface area contributed by atoms with Crippen molar-refractivity contribution in [2.24, 2.45) is 0 Å². The number of hydrogen-bond donors (Lipinski definition) is 1. The van der Waals surface area contributed by atoms with Crippen LogP contribution in [0.5, 0.6) is 0 Å². The molecule has 17 heavy (non-hydrogen) atoms. The molecule has 3 heterocycles. The lowest BCUT2D eigenvalue weighted by molar-refractivity contribution is 0.451. The van der Waals surface area contributed by atoms with Gasteiger partial charge in [0.15, 0.2) is 5.82 Å². The zero-order valence-corrected chi connectivity index (χ0v) is 9.58. The first-order chi connectivity index (χ1) is 8.45. The number of rotatable bonds is 2. The summed E-state index contributed by atoms with van der Waals surface area (Å²) in [6, 6.07) is 0. The minimum atomic E-state index is 0.502. The average molecular weight is 229 g/mol. The largest absolute Gasteiger partial charge is 0.317 e. The van der Waals surface area contributed by atoms with E-state index in [9.17, 15) is 0 Å². The van der Waals surface area contributed by atoms with Gasteiger partial charge in [0, 0.05) is 30.7 Å². The van der Waals surface area contributed by atoms with Crippen LogP contribution in [0.2, 0.25) is 0 Å². The van der Waals surface area contributed by atoms with Crippen LogP contribution in [0, 0.1) is 0 Å². The molecule has 0 radical (unpaired) electrons. The maximum atomic E-state index is 4.52. The predicted molar refractivity (Wildman–Crippen MR) is 64.0 cm³/mol. The summed E-state index contributed by atoms with van der Waals surface area (Å²) >= 11 is 0. The Morgan fingerprint density at radius 3 is 2.71 bits per heavy atom. The van der Waals surface area contributed by atoms with E-state index in [0.29, 0.717) is 5.92 Å². The van der Waals surface area contributed by atoms with Gasteiger partial charge in [0.25, 0.3) is 0 Å². The molecule has 0 aromatic carbocycles. The van der Waals surface area contributed by atoms with Gasteiger partial charge in [0.05, 0.1) is 5.69 Å². The van der Waals surface area contributed by atoms with Crippen molar-refractivity contribution >= 4 is 0 Å². The van der Waals surface area contributed by atoms with Crippen LogP contribution in [0.1, 0.15) is 24.5 Å². The zero-order chi connectivity index (χ0) is 11.5. The summed E-state index contributed by atoms with van der Waals surface area (Å²) in [7, 11) is 0. The Bertz CT molecular complexity index is 473. The number of imidazole rings is 1. The normalized spacial score (nSPS) is 17.2. The van der Waals surface area contributed by atoms with Crippen LogP contribution in [0.25, 0.3) is 5.82 Å². The van der Waals surface area contributed by atoms with E-state index in [1.54, 1.807) is 24.9 Å². The van der Waals surface area contributed by atoms with E-state index in [4.69, 9.17) is 0 Å². The molecule has 0 atom stereocenters. The number of nitrogens with one attached hydrogen (secondary N) is 1. The molecule has 0 unspecified atom stereocenters. The van der Waals surface area contributed by atoms with Crippen molar-refractivity contribution in [3.8, 4) is 5.82 Å². The average Bonchev–Trinajstić information content (AvgIpc) is 2.94. The van der Waals surface area contributed by atoms with Gasteiger partial charge >= 0.3 is 0 Å². The molecule has 5 nitrogen and oxygen atoms in total. The van der Waals surface area contributed by atoms with Gasteiger partial charge in [-0.15, -0.1) is 0 Å². The summed E-state index contributed by atoms with van der Waals surface area (Å²) in [5.74, 6) is 1.42. The Morgan fingerprint density at radius 2 is 1.94 bits per heavy atom. The molecule has 1 N–H and O–H groups in total. The summed E-state index contributed by atoms with van der Waals surface area (Å²) in [5.41, 5.74) is 1.09. The second-order valence-electron chi connectivity index (χ2n) is 4.26. The SMILES string of the molecule is c1cn(-c2nccnc2C2CCNCC2)cn1. The van der Waals surface area contributed by atoms with E-state index < -0.39 is 0 Å². The summed E-state index contributed by atoms with van der Waals surface area (Å²) in [6.07, 6.45) is 11.2. The highest BCUT2D eigenvalue weighted by Gasteiger charge is 2.20. The molecule has 0 aliphatic carbocycles. The maximum absolute atomic E-state index is 4.52. The molecular formula is C12H15N5. The summed E-state index contributed by atoms with van der Waals surface area (Å²) in [4.78, 5) is 13.0. The molecular weight excluding hydrogens is 214 g/mol. The van der Waals surface area contributed by atoms with Crippen molar-refractivity contribution in [1.82, 2.24) is 24.8 Å². The summed E-state index contributed by atoms with van der Waals surface area (Å²) < 4.78 is 1.93. The molecule has 1 aliphatic heterocycles. The van der Waals surface area contributed by atoms with Crippen molar-refractivity contribution in [2.75, 3.05) is 13.1 Å². The Morgan fingerprint density at radius 1 is 1.12 bits per heavy atom. The Balaban J connectivity index is 1.98. The monoisotopic (exact) mass is 229 g/mol. The van der Waals surface area contributed by atoms with Gasteiger partial charge in [-0.3, -0.25) is 9.55 Å². The topological polar surface area (TPSA) is 55.6 Å². The van der Waals surface area contributed by atoms with Crippen molar-refractivity contribution in [3.05, 3.63) is 36.8 Å². The molecule has 1 saturated heterocycles.